The first-order valence-corrected chi connectivity index (χ1v) is 5.19. The second-order valence-corrected chi connectivity index (χ2v) is 5.01. The highest BCUT2D eigenvalue weighted by atomic mass is 16.1. The molecule has 86 valence electrons. The third kappa shape index (κ3) is 6.08. The summed E-state index contributed by atoms with van der Waals surface area (Å²) in [7, 11) is 0. The number of nitrogens with zero attached hydrogens (tertiary/aromatic N) is 1. The van der Waals surface area contributed by atoms with Gasteiger partial charge in [-0.2, -0.15) is 5.26 Å². The molecular formula is C11H21N3O. The molecule has 0 heterocycles. The molecule has 4 heteroatoms. The fourth-order valence-corrected chi connectivity index (χ4v) is 0.891. The van der Waals surface area contributed by atoms with Crippen molar-refractivity contribution in [3.8, 4) is 6.07 Å². The number of nitriles is 1. The van der Waals surface area contributed by atoms with Gasteiger partial charge >= 0.3 is 0 Å². The fraction of sp³-hybridized carbons (Fsp3) is 0.818. The number of nitrogens with one attached hydrogen (secondary N) is 1. The molecule has 0 saturated carbocycles. The van der Waals surface area contributed by atoms with Crippen molar-refractivity contribution < 1.29 is 4.79 Å². The second-order valence-electron chi connectivity index (χ2n) is 5.01. The zero-order chi connectivity index (χ0) is 12.1. The Kier molecular flexibility index (Phi) is 5.31. The van der Waals surface area contributed by atoms with Gasteiger partial charge in [-0.05, 0) is 12.3 Å². The van der Waals surface area contributed by atoms with Gasteiger partial charge < -0.3 is 11.1 Å². The summed E-state index contributed by atoms with van der Waals surface area (Å²) in [4.78, 5) is 11.4. The van der Waals surface area contributed by atoms with E-state index in [1.54, 1.807) is 6.92 Å². The molecule has 0 fully saturated rings. The molecule has 0 aromatic rings. The Morgan fingerprint density at radius 1 is 1.53 bits per heavy atom. The van der Waals surface area contributed by atoms with E-state index in [4.69, 9.17) is 11.0 Å². The molecule has 15 heavy (non-hydrogen) atoms. The van der Waals surface area contributed by atoms with Crippen LogP contribution in [0.3, 0.4) is 0 Å². The highest BCUT2D eigenvalue weighted by Crippen LogP contribution is 2.19. The molecule has 2 atom stereocenters. The first-order valence-electron chi connectivity index (χ1n) is 5.19. The van der Waals surface area contributed by atoms with Gasteiger partial charge in [0.1, 0.15) is 0 Å². The molecule has 0 bridgehead atoms. The second kappa shape index (κ2) is 5.72. The van der Waals surface area contributed by atoms with Crippen molar-refractivity contribution in [2.75, 3.05) is 6.54 Å². The minimum Gasteiger partial charge on any atom is -0.355 e. The van der Waals surface area contributed by atoms with Gasteiger partial charge in [0.15, 0.2) is 0 Å². The van der Waals surface area contributed by atoms with Crippen molar-refractivity contribution in [3.63, 3.8) is 0 Å². The van der Waals surface area contributed by atoms with Crippen molar-refractivity contribution in [3.05, 3.63) is 0 Å². The Labute approximate surface area is 91.8 Å². The van der Waals surface area contributed by atoms with Crippen LogP contribution in [0.2, 0.25) is 0 Å². The Bertz CT molecular complexity index is 250. The van der Waals surface area contributed by atoms with Gasteiger partial charge in [0.2, 0.25) is 5.91 Å². The summed E-state index contributed by atoms with van der Waals surface area (Å²) in [6.45, 7) is 8.17. The lowest BCUT2D eigenvalue weighted by Gasteiger charge is -2.26. The first-order chi connectivity index (χ1) is 6.77. The molecule has 1 amide bonds. The summed E-state index contributed by atoms with van der Waals surface area (Å²) < 4.78 is 0. The number of amides is 1. The molecule has 3 N–H and O–H groups in total. The normalized spacial score (nSPS) is 15.2. The first kappa shape index (κ1) is 13.9. The number of hydrogen-bond donors (Lipinski definition) is 2. The van der Waals surface area contributed by atoms with Crippen LogP contribution in [0.4, 0.5) is 0 Å². The largest absolute Gasteiger partial charge is 0.355 e. The Hall–Kier alpha value is -1.08. The Morgan fingerprint density at radius 2 is 2.07 bits per heavy atom. The van der Waals surface area contributed by atoms with E-state index in [9.17, 15) is 4.79 Å². The summed E-state index contributed by atoms with van der Waals surface area (Å²) >= 11 is 0. The predicted molar refractivity (Wildman–Crippen MR) is 59.8 cm³/mol. The van der Waals surface area contributed by atoms with Gasteiger partial charge in [-0.1, -0.05) is 20.8 Å². The van der Waals surface area contributed by atoms with E-state index in [0.29, 0.717) is 13.0 Å². The fourth-order valence-electron chi connectivity index (χ4n) is 0.891. The maximum atomic E-state index is 11.4. The summed E-state index contributed by atoms with van der Waals surface area (Å²) in [6.07, 6.45) is 0.307. The van der Waals surface area contributed by atoms with Crippen LogP contribution in [-0.4, -0.2) is 18.5 Å². The van der Waals surface area contributed by atoms with Gasteiger partial charge in [-0.15, -0.1) is 0 Å². The summed E-state index contributed by atoms with van der Waals surface area (Å²) in [5, 5.41) is 11.2. The predicted octanol–water partition coefficient (Wildman–Crippen LogP) is 1.03. The highest BCUT2D eigenvalue weighted by Gasteiger charge is 2.23. The van der Waals surface area contributed by atoms with Crippen LogP contribution in [0.1, 0.15) is 34.1 Å². The summed E-state index contributed by atoms with van der Waals surface area (Å²) in [5.74, 6) is -0.237. The third-order valence-corrected chi connectivity index (χ3v) is 2.34. The van der Waals surface area contributed by atoms with Crippen molar-refractivity contribution >= 4 is 5.91 Å². The highest BCUT2D eigenvalue weighted by molar-refractivity contribution is 5.76. The molecule has 0 radical (unpaired) electrons. The zero-order valence-corrected chi connectivity index (χ0v) is 10.0. The van der Waals surface area contributed by atoms with Gasteiger partial charge in [0.25, 0.3) is 0 Å². The lowest BCUT2D eigenvalue weighted by molar-refractivity contribution is -0.122. The van der Waals surface area contributed by atoms with E-state index in [-0.39, 0.29) is 23.3 Å². The summed E-state index contributed by atoms with van der Waals surface area (Å²) in [5.41, 5.74) is 5.79. The minimum absolute atomic E-state index is 0.0712. The molecule has 0 aliphatic carbocycles. The van der Waals surface area contributed by atoms with E-state index in [0.717, 1.165) is 0 Å². The van der Waals surface area contributed by atoms with Crippen LogP contribution in [0.5, 0.6) is 0 Å². The van der Waals surface area contributed by atoms with E-state index in [1.165, 1.54) is 0 Å². The number of nitrogens with two attached hydrogens (primary N) is 1. The number of rotatable bonds is 4. The molecule has 0 aromatic carbocycles. The van der Waals surface area contributed by atoms with E-state index >= 15 is 0 Å². The van der Waals surface area contributed by atoms with E-state index in [1.807, 2.05) is 20.8 Å². The van der Waals surface area contributed by atoms with Crippen molar-refractivity contribution in [2.45, 2.75) is 40.2 Å². The van der Waals surface area contributed by atoms with Crippen molar-refractivity contribution in [1.29, 1.82) is 5.26 Å². The van der Waals surface area contributed by atoms with Crippen LogP contribution in [0.25, 0.3) is 0 Å². The molecule has 0 saturated heterocycles. The van der Waals surface area contributed by atoms with Gasteiger partial charge in [0.05, 0.1) is 12.0 Å². The van der Waals surface area contributed by atoms with E-state index < -0.39 is 0 Å². The molecule has 0 aromatic heterocycles. The molecule has 0 aliphatic heterocycles. The van der Waals surface area contributed by atoms with Crippen LogP contribution < -0.4 is 11.1 Å². The van der Waals surface area contributed by atoms with Crippen LogP contribution in [-0.2, 0) is 4.79 Å². The molecule has 0 aliphatic rings. The number of carbonyl (C=O) groups excluding carboxylic acids is 1. The van der Waals surface area contributed by atoms with Crippen LogP contribution in [0, 0.1) is 22.7 Å². The number of hydrogen-bond acceptors (Lipinski definition) is 3. The molecule has 4 nitrogen and oxygen atoms in total. The topological polar surface area (TPSA) is 78.9 Å². The van der Waals surface area contributed by atoms with E-state index in [2.05, 4.69) is 11.4 Å². The zero-order valence-electron chi connectivity index (χ0n) is 10.0. The SMILES string of the molecule is CC(C#N)CNC(=O)CC(N)C(C)(C)C. The quantitative estimate of drug-likeness (QED) is 0.728. The average molecular weight is 211 g/mol. The molecular weight excluding hydrogens is 190 g/mol. The van der Waals surface area contributed by atoms with Crippen LogP contribution >= 0.6 is 0 Å². The number of carbonyl (C=O) groups is 1. The standard InChI is InChI=1S/C11H21N3O/c1-8(6-12)7-14-10(15)5-9(13)11(2,3)4/h8-9H,5,7,13H2,1-4H3,(H,14,15). The van der Waals surface area contributed by atoms with Crippen molar-refractivity contribution in [2.24, 2.45) is 17.1 Å². The minimum atomic E-state index is -0.158. The molecule has 2 unspecified atom stereocenters. The molecule has 0 rings (SSSR count). The lowest BCUT2D eigenvalue weighted by Crippen LogP contribution is -2.40. The Balaban J connectivity index is 3.91. The molecule has 0 spiro atoms. The van der Waals surface area contributed by atoms with Crippen LogP contribution in [0.15, 0.2) is 0 Å². The third-order valence-electron chi connectivity index (χ3n) is 2.34. The van der Waals surface area contributed by atoms with Gasteiger partial charge in [0, 0.05) is 19.0 Å². The summed E-state index contributed by atoms with van der Waals surface area (Å²) in [6, 6.07) is 1.90. The lowest BCUT2D eigenvalue weighted by atomic mass is 9.85. The maximum Gasteiger partial charge on any atom is 0.221 e. The average Bonchev–Trinajstić information content (AvgIpc) is 2.12. The van der Waals surface area contributed by atoms with Gasteiger partial charge in [-0.25, -0.2) is 0 Å². The smallest absolute Gasteiger partial charge is 0.221 e. The van der Waals surface area contributed by atoms with Gasteiger partial charge in [-0.3, -0.25) is 4.79 Å². The Morgan fingerprint density at radius 3 is 2.47 bits per heavy atom. The maximum absolute atomic E-state index is 11.4. The monoisotopic (exact) mass is 211 g/mol. The van der Waals surface area contributed by atoms with Crippen molar-refractivity contribution in [1.82, 2.24) is 5.32 Å².